The van der Waals surface area contributed by atoms with E-state index < -0.39 is 0 Å². The van der Waals surface area contributed by atoms with Crippen LogP contribution in [0.4, 0.5) is 0 Å². The summed E-state index contributed by atoms with van der Waals surface area (Å²) in [6.45, 7) is 7.63. The largest absolute Gasteiger partial charge is 0.412 e. The minimum atomic E-state index is 0. The smallest absolute Gasteiger partial charge is 0.0263 e. The van der Waals surface area contributed by atoms with Gasteiger partial charge in [-0.15, -0.1) is 0 Å². The first kappa shape index (κ1) is 12.6. The fourth-order valence-electron chi connectivity index (χ4n) is 0.589. The highest BCUT2D eigenvalue weighted by Gasteiger charge is 1.75. The molecule has 0 spiro atoms. The maximum Gasteiger partial charge on any atom is -0.0263 e. The highest BCUT2D eigenvalue weighted by Crippen LogP contribution is 1.97. The Bertz CT molecular complexity index is 167. The summed E-state index contributed by atoms with van der Waals surface area (Å²) in [5.74, 6) is 0. The van der Waals surface area contributed by atoms with Crippen molar-refractivity contribution in [3.05, 3.63) is 42.5 Å². The monoisotopic (exact) mass is 152 g/mol. The molecule has 1 aromatic rings. The summed E-state index contributed by atoms with van der Waals surface area (Å²) in [4.78, 5) is 0. The van der Waals surface area contributed by atoms with Gasteiger partial charge in [-0.3, -0.25) is 0 Å². The molecular formula is C10H16O. The molecule has 0 saturated carbocycles. The van der Waals surface area contributed by atoms with Crippen LogP contribution in [0, 0.1) is 0 Å². The van der Waals surface area contributed by atoms with Crippen molar-refractivity contribution in [3.8, 4) is 0 Å². The molecule has 1 heteroatoms. The Morgan fingerprint density at radius 3 is 1.82 bits per heavy atom. The van der Waals surface area contributed by atoms with Gasteiger partial charge in [-0.25, -0.2) is 0 Å². The normalized spacial score (nSPS) is 6.73. The van der Waals surface area contributed by atoms with Crippen molar-refractivity contribution >= 4 is 6.08 Å². The van der Waals surface area contributed by atoms with Gasteiger partial charge in [0.25, 0.3) is 0 Å². The van der Waals surface area contributed by atoms with Crippen LogP contribution in [0.25, 0.3) is 6.08 Å². The molecule has 0 amide bonds. The molecule has 0 saturated heterocycles. The maximum absolute atomic E-state index is 3.63. The van der Waals surface area contributed by atoms with Crippen LogP contribution < -0.4 is 0 Å². The van der Waals surface area contributed by atoms with Gasteiger partial charge in [0, 0.05) is 0 Å². The highest BCUT2D eigenvalue weighted by molar-refractivity contribution is 5.45. The first-order chi connectivity index (χ1) is 4.93. The zero-order valence-electron chi connectivity index (χ0n) is 7.17. The summed E-state index contributed by atoms with van der Waals surface area (Å²) in [5, 5.41) is 0. The molecule has 2 N–H and O–H groups in total. The van der Waals surface area contributed by atoms with E-state index >= 15 is 0 Å². The van der Waals surface area contributed by atoms with Gasteiger partial charge >= 0.3 is 0 Å². The Labute approximate surface area is 68.7 Å². The Kier molecular flexibility index (Phi) is 10.2. The molecule has 0 unspecified atom stereocenters. The molecule has 11 heavy (non-hydrogen) atoms. The molecular weight excluding hydrogens is 136 g/mol. The van der Waals surface area contributed by atoms with Gasteiger partial charge in [-0.2, -0.15) is 0 Å². The molecule has 1 aromatic carbocycles. The molecule has 0 aliphatic carbocycles. The first-order valence-corrected chi connectivity index (χ1v) is 3.61. The molecule has 62 valence electrons. The Balaban J connectivity index is 0. The summed E-state index contributed by atoms with van der Waals surface area (Å²) < 4.78 is 0. The zero-order chi connectivity index (χ0) is 7.82. The van der Waals surface area contributed by atoms with Gasteiger partial charge in [-0.1, -0.05) is 56.8 Å². The second-order valence-corrected chi connectivity index (χ2v) is 1.61. The third-order valence-corrected chi connectivity index (χ3v) is 1.04. The average molecular weight is 152 g/mol. The van der Waals surface area contributed by atoms with Crippen molar-refractivity contribution in [3.63, 3.8) is 0 Å². The van der Waals surface area contributed by atoms with E-state index in [9.17, 15) is 0 Å². The second kappa shape index (κ2) is 8.92. The first-order valence-electron chi connectivity index (χ1n) is 3.61. The molecule has 0 aliphatic heterocycles. The zero-order valence-corrected chi connectivity index (χ0v) is 7.17. The third-order valence-electron chi connectivity index (χ3n) is 1.04. The molecule has 0 fully saturated rings. The molecule has 1 rings (SSSR count). The molecule has 1 nitrogen and oxygen atoms in total. The molecule has 0 aliphatic rings. The lowest BCUT2D eigenvalue weighted by molar-refractivity contribution is 0.824. The lowest BCUT2D eigenvalue weighted by Gasteiger charge is -1.85. The minimum absolute atomic E-state index is 0. The highest BCUT2D eigenvalue weighted by atomic mass is 16.0. The van der Waals surface area contributed by atoms with Crippen LogP contribution in [0.1, 0.15) is 19.4 Å². The van der Waals surface area contributed by atoms with Gasteiger partial charge in [0.15, 0.2) is 0 Å². The van der Waals surface area contributed by atoms with Crippen molar-refractivity contribution < 1.29 is 5.48 Å². The lowest BCUT2D eigenvalue weighted by Crippen LogP contribution is -1.63. The van der Waals surface area contributed by atoms with Gasteiger partial charge in [0.1, 0.15) is 0 Å². The second-order valence-electron chi connectivity index (χ2n) is 1.61. The Morgan fingerprint density at radius 1 is 1.09 bits per heavy atom. The summed E-state index contributed by atoms with van der Waals surface area (Å²) >= 11 is 0. The van der Waals surface area contributed by atoms with E-state index in [0.717, 1.165) is 0 Å². The topological polar surface area (TPSA) is 31.5 Å². The molecule has 0 aromatic heterocycles. The van der Waals surface area contributed by atoms with E-state index in [1.54, 1.807) is 0 Å². The average Bonchev–Trinajstić information content (AvgIpc) is 2.10. The summed E-state index contributed by atoms with van der Waals surface area (Å²) in [5.41, 5.74) is 1.17. The van der Waals surface area contributed by atoms with E-state index in [0.29, 0.717) is 0 Å². The van der Waals surface area contributed by atoms with Crippen LogP contribution in [0.2, 0.25) is 0 Å². The minimum Gasteiger partial charge on any atom is -0.412 e. The number of benzene rings is 1. The third kappa shape index (κ3) is 5.37. The summed E-state index contributed by atoms with van der Waals surface area (Å²) in [6.07, 6.45) is 1.83. The van der Waals surface area contributed by atoms with Crippen LogP contribution in [-0.2, 0) is 0 Å². The van der Waals surface area contributed by atoms with E-state index in [1.165, 1.54) is 5.56 Å². The van der Waals surface area contributed by atoms with Crippen molar-refractivity contribution in [2.24, 2.45) is 0 Å². The Hall–Kier alpha value is -1.08. The number of hydrogen-bond donors (Lipinski definition) is 0. The molecule has 0 heterocycles. The summed E-state index contributed by atoms with van der Waals surface area (Å²) in [7, 11) is 0. The van der Waals surface area contributed by atoms with Crippen molar-refractivity contribution in [1.82, 2.24) is 0 Å². The van der Waals surface area contributed by atoms with E-state index in [2.05, 4.69) is 6.58 Å². The predicted octanol–water partition coefficient (Wildman–Crippen LogP) is 2.53. The van der Waals surface area contributed by atoms with Crippen molar-refractivity contribution in [1.29, 1.82) is 0 Å². The molecule has 0 atom stereocenters. The van der Waals surface area contributed by atoms with E-state index in [4.69, 9.17) is 0 Å². The van der Waals surface area contributed by atoms with Crippen LogP contribution in [-0.4, -0.2) is 5.48 Å². The van der Waals surface area contributed by atoms with Crippen molar-refractivity contribution in [2.75, 3.05) is 0 Å². The van der Waals surface area contributed by atoms with Gasteiger partial charge in [-0.05, 0) is 5.56 Å². The van der Waals surface area contributed by atoms with Gasteiger partial charge in [0.2, 0.25) is 0 Å². The number of rotatable bonds is 1. The van der Waals surface area contributed by atoms with Crippen LogP contribution in [0.3, 0.4) is 0 Å². The van der Waals surface area contributed by atoms with Gasteiger partial charge in [0.05, 0.1) is 0 Å². The quantitative estimate of drug-likeness (QED) is 0.592. The number of hydrogen-bond acceptors (Lipinski definition) is 0. The summed E-state index contributed by atoms with van der Waals surface area (Å²) in [6, 6.07) is 10.0. The maximum atomic E-state index is 3.63. The van der Waals surface area contributed by atoms with Crippen LogP contribution >= 0.6 is 0 Å². The van der Waals surface area contributed by atoms with E-state index in [1.807, 2.05) is 50.3 Å². The van der Waals surface area contributed by atoms with E-state index in [-0.39, 0.29) is 5.48 Å². The lowest BCUT2D eigenvalue weighted by atomic mass is 10.2. The fraction of sp³-hybridized carbons (Fsp3) is 0.200. The molecule has 0 bridgehead atoms. The van der Waals surface area contributed by atoms with Crippen LogP contribution in [0.5, 0.6) is 0 Å². The van der Waals surface area contributed by atoms with Gasteiger partial charge < -0.3 is 5.48 Å². The fourth-order valence-corrected chi connectivity index (χ4v) is 0.589. The standard InChI is InChI=1S/C8H8.C2H6.H2O/c1-2-8-6-4-3-5-7-8;1-2;/h2-7H,1H2;1-2H3;1H2. The SMILES string of the molecule is C=Cc1ccccc1.CC.O. The Morgan fingerprint density at radius 2 is 1.55 bits per heavy atom. The van der Waals surface area contributed by atoms with Crippen LogP contribution in [0.15, 0.2) is 36.9 Å². The molecule has 0 radical (unpaired) electrons. The predicted molar refractivity (Wildman–Crippen MR) is 51.5 cm³/mol. The van der Waals surface area contributed by atoms with Crippen molar-refractivity contribution in [2.45, 2.75) is 13.8 Å².